The van der Waals surface area contributed by atoms with Gasteiger partial charge in [-0.25, -0.2) is 0 Å². The zero-order valence-electron chi connectivity index (χ0n) is 20.3. The molecule has 2 heterocycles. The minimum absolute atomic E-state index is 0.123. The van der Waals surface area contributed by atoms with Crippen molar-refractivity contribution in [2.24, 2.45) is 0 Å². The molecule has 1 unspecified atom stereocenters. The summed E-state index contributed by atoms with van der Waals surface area (Å²) in [5.41, 5.74) is 1.39. The number of ether oxygens (including phenoxy) is 2. The second kappa shape index (κ2) is 12.0. The molecule has 1 amide bonds. The number of aliphatic hydroxyl groups excluding tert-OH is 1. The molecule has 1 N–H and O–H groups in total. The molecule has 35 heavy (non-hydrogen) atoms. The van der Waals surface area contributed by atoms with Crippen molar-refractivity contribution in [1.29, 1.82) is 0 Å². The maximum absolute atomic E-state index is 13.2. The molecular formula is C28H34N2O5. The summed E-state index contributed by atoms with van der Waals surface area (Å²) in [4.78, 5) is 30.3. The molecule has 2 fully saturated rings. The van der Waals surface area contributed by atoms with E-state index in [1.807, 2.05) is 30.3 Å². The maximum atomic E-state index is 13.2. The third-order valence-electron chi connectivity index (χ3n) is 6.50. The molecule has 4 rings (SSSR count). The van der Waals surface area contributed by atoms with Crippen LogP contribution in [-0.2, 0) is 14.3 Å². The van der Waals surface area contributed by atoms with Gasteiger partial charge in [0.05, 0.1) is 31.4 Å². The van der Waals surface area contributed by atoms with E-state index in [0.717, 1.165) is 44.5 Å². The Labute approximate surface area is 206 Å². The molecule has 7 nitrogen and oxygen atoms in total. The number of benzene rings is 2. The molecule has 0 spiro atoms. The first kappa shape index (κ1) is 24.9. The van der Waals surface area contributed by atoms with Crippen LogP contribution in [0.15, 0.2) is 60.2 Å². The monoisotopic (exact) mass is 478 g/mol. The average molecular weight is 479 g/mol. The Kier molecular flexibility index (Phi) is 8.55. The molecule has 2 saturated heterocycles. The number of carbonyl (C=O) groups excluding carboxylic acids is 2. The van der Waals surface area contributed by atoms with E-state index in [-0.39, 0.29) is 11.3 Å². The van der Waals surface area contributed by atoms with Crippen LogP contribution < -0.4 is 4.74 Å². The van der Waals surface area contributed by atoms with Gasteiger partial charge >= 0.3 is 0 Å². The first-order chi connectivity index (χ1) is 17.1. The van der Waals surface area contributed by atoms with Crippen LogP contribution >= 0.6 is 0 Å². The van der Waals surface area contributed by atoms with Gasteiger partial charge in [0.1, 0.15) is 11.5 Å². The fourth-order valence-electron chi connectivity index (χ4n) is 4.61. The van der Waals surface area contributed by atoms with E-state index in [0.29, 0.717) is 37.7 Å². The molecule has 186 valence electrons. The van der Waals surface area contributed by atoms with Gasteiger partial charge in [0.25, 0.3) is 11.7 Å². The lowest BCUT2D eigenvalue weighted by molar-refractivity contribution is -0.140. The third-order valence-corrected chi connectivity index (χ3v) is 6.50. The summed E-state index contributed by atoms with van der Waals surface area (Å²) < 4.78 is 11.3. The molecule has 0 radical (unpaired) electrons. The standard InChI is InChI=1S/C28H34N2O5/c1-2-3-17-35-23-12-7-11-22(20-23)25-24(26(31)21-9-5-4-6-10-21)27(32)28(33)30(25)14-8-13-29-15-18-34-19-16-29/h4-7,9-12,20,25,31H,2-3,8,13-19H2,1H3/b26-24+. The minimum Gasteiger partial charge on any atom is -0.507 e. The number of amides is 1. The second-order valence-electron chi connectivity index (χ2n) is 8.94. The van der Waals surface area contributed by atoms with Gasteiger partial charge in [-0.2, -0.15) is 0 Å². The highest BCUT2D eigenvalue weighted by atomic mass is 16.5. The van der Waals surface area contributed by atoms with E-state index in [9.17, 15) is 14.7 Å². The van der Waals surface area contributed by atoms with Crippen molar-refractivity contribution in [3.05, 3.63) is 71.3 Å². The van der Waals surface area contributed by atoms with Crippen molar-refractivity contribution >= 4 is 17.4 Å². The summed E-state index contributed by atoms with van der Waals surface area (Å²) in [7, 11) is 0. The van der Waals surface area contributed by atoms with Crippen LogP contribution in [0.5, 0.6) is 5.75 Å². The van der Waals surface area contributed by atoms with Crippen LogP contribution in [0.25, 0.3) is 5.76 Å². The normalized spacial score (nSPS) is 20.4. The van der Waals surface area contributed by atoms with Gasteiger partial charge in [-0.05, 0) is 30.5 Å². The van der Waals surface area contributed by atoms with E-state index in [1.54, 1.807) is 29.2 Å². The minimum atomic E-state index is -0.672. The predicted octanol–water partition coefficient (Wildman–Crippen LogP) is 4.01. The number of ketones is 1. The quantitative estimate of drug-likeness (QED) is 0.241. The van der Waals surface area contributed by atoms with Crippen LogP contribution in [0, 0.1) is 0 Å². The summed E-state index contributed by atoms with van der Waals surface area (Å²) in [5.74, 6) is -0.691. The zero-order chi connectivity index (χ0) is 24.6. The van der Waals surface area contributed by atoms with E-state index in [4.69, 9.17) is 9.47 Å². The SMILES string of the molecule is CCCCOc1cccc(C2/C(=C(\O)c3ccccc3)C(=O)C(=O)N2CCCN2CCOCC2)c1. The van der Waals surface area contributed by atoms with Crippen molar-refractivity contribution in [3.63, 3.8) is 0 Å². The third kappa shape index (κ3) is 5.92. The Bertz CT molecular complexity index is 1050. The van der Waals surface area contributed by atoms with E-state index in [1.165, 1.54) is 0 Å². The molecule has 0 aromatic heterocycles. The molecule has 2 aromatic carbocycles. The molecule has 2 aliphatic rings. The van der Waals surface area contributed by atoms with Crippen molar-refractivity contribution in [3.8, 4) is 5.75 Å². The highest BCUT2D eigenvalue weighted by Crippen LogP contribution is 2.40. The number of aliphatic hydroxyl groups is 1. The van der Waals surface area contributed by atoms with Crippen molar-refractivity contribution < 1.29 is 24.2 Å². The Morgan fingerprint density at radius 2 is 1.80 bits per heavy atom. The van der Waals surface area contributed by atoms with Gasteiger partial charge in [0.15, 0.2) is 0 Å². The molecule has 1 atom stereocenters. The largest absolute Gasteiger partial charge is 0.507 e. The Morgan fingerprint density at radius 3 is 2.54 bits per heavy atom. The fraction of sp³-hybridized carbons (Fsp3) is 0.429. The predicted molar refractivity (Wildman–Crippen MR) is 134 cm³/mol. The van der Waals surface area contributed by atoms with Crippen LogP contribution in [0.3, 0.4) is 0 Å². The molecule has 2 aliphatic heterocycles. The molecule has 0 saturated carbocycles. The highest BCUT2D eigenvalue weighted by molar-refractivity contribution is 6.46. The fourth-order valence-corrected chi connectivity index (χ4v) is 4.61. The number of carbonyl (C=O) groups is 2. The lowest BCUT2D eigenvalue weighted by atomic mass is 9.95. The number of nitrogens with zero attached hydrogens (tertiary/aromatic N) is 2. The number of likely N-dealkylation sites (tertiary alicyclic amines) is 1. The average Bonchev–Trinajstić information content (AvgIpc) is 3.15. The molecule has 0 aliphatic carbocycles. The number of hydrogen-bond acceptors (Lipinski definition) is 6. The van der Waals surface area contributed by atoms with Crippen LogP contribution in [0.1, 0.15) is 43.4 Å². The molecular weight excluding hydrogens is 444 g/mol. The molecule has 0 bridgehead atoms. The molecule has 2 aromatic rings. The van der Waals surface area contributed by atoms with E-state index >= 15 is 0 Å². The Morgan fingerprint density at radius 1 is 1.03 bits per heavy atom. The summed E-state index contributed by atoms with van der Waals surface area (Å²) in [5, 5.41) is 11.2. The zero-order valence-corrected chi connectivity index (χ0v) is 20.3. The van der Waals surface area contributed by atoms with Crippen molar-refractivity contribution in [2.45, 2.75) is 32.2 Å². The summed E-state index contributed by atoms with van der Waals surface area (Å²) >= 11 is 0. The molecule has 7 heteroatoms. The topological polar surface area (TPSA) is 79.3 Å². The van der Waals surface area contributed by atoms with Crippen LogP contribution in [0.4, 0.5) is 0 Å². The van der Waals surface area contributed by atoms with Gasteiger partial charge in [0, 0.05) is 31.7 Å². The van der Waals surface area contributed by atoms with Crippen molar-refractivity contribution in [2.75, 3.05) is 46.0 Å². The van der Waals surface area contributed by atoms with Crippen LogP contribution in [-0.4, -0.2) is 72.6 Å². The first-order valence-corrected chi connectivity index (χ1v) is 12.5. The van der Waals surface area contributed by atoms with Gasteiger partial charge in [0.2, 0.25) is 0 Å². The number of unbranched alkanes of at least 4 members (excludes halogenated alkanes) is 1. The lowest BCUT2D eigenvalue weighted by Gasteiger charge is -2.29. The Balaban J connectivity index is 1.65. The number of Topliss-reactive ketones (excluding diaryl/α,β-unsaturated/α-hetero) is 1. The number of hydrogen-bond donors (Lipinski definition) is 1. The first-order valence-electron chi connectivity index (χ1n) is 12.5. The Hall–Kier alpha value is -3.16. The highest BCUT2D eigenvalue weighted by Gasteiger charge is 2.45. The van der Waals surface area contributed by atoms with Gasteiger partial charge in [-0.15, -0.1) is 0 Å². The summed E-state index contributed by atoms with van der Waals surface area (Å²) in [6.07, 6.45) is 2.69. The second-order valence-corrected chi connectivity index (χ2v) is 8.94. The maximum Gasteiger partial charge on any atom is 0.295 e. The summed E-state index contributed by atoms with van der Waals surface area (Å²) in [6.45, 7) is 7.11. The van der Waals surface area contributed by atoms with E-state index in [2.05, 4.69) is 11.8 Å². The number of morpholine rings is 1. The number of rotatable bonds is 10. The van der Waals surface area contributed by atoms with Crippen molar-refractivity contribution in [1.82, 2.24) is 9.80 Å². The summed E-state index contributed by atoms with van der Waals surface area (Å²) in [6, 6.07) is 15.7. The lowest BCUT2D eigenvalue weighted by Crippen LogP contribution is -2.38. The smallest absolute Gasteiger partial charge is 0.295 e. The van der Waals surface area contributed by atoms with E-state index < -0.39 is 17.7 Å². The van der Waals surface area contributed by atoms with Gasteiger partial charge in [-0.3, -0.25) is 14.5 Å². The van der Waals surface area contributed by atoms with Crippen LogP contribution in [0.2, 0.25) is 0 Å². The van der Waals surface area contributed by atoms with Gasteiger partial charge < -0.3 is 19.5 Å². The van der Waals surface area contributed by atoms with Gasteiger partial charge in [-0.1, -0.05) is 55.8 Å².